The maximum atomic E-state index is 12.2. The lowest BCUT2D eigenvalue weighted by molar-refractivity contribution is 0.635. The van der Waals surface area contributed by atoms with Crippen LogP contribution >= 0.6 is 34.5 Å². The molecule has 0 bridgehead atoms. The van der Waals surface area contributed by atoms with E-state index >= 15 is 0 Å². The van der Waals surface area contributed by atoms with Crippen LogP contribution in [0.5, 0.6) is 0 Å². The summed E-state index contributed by atoms with van der Waals surface area (Å²) in [5.74, 6) is 0. The van der Waals surface area contributed by atoms with Crippen LogP contribution in [0.4, 0.5) is 5.13 Å². The van der Waals surface area contributed by atoms with Gasteiger partial charge in [-0.1, -0.05) is 40.6 Å². The van der Waals surface area contributed by atoms with Gasteiger partial charge in [0.05, 0.1) is 30.7 Å². The number of hydrogen-bond acceptors (Lipinski definition) is 4. The van der Waals surface area contributed by atoms with E-state index < -0.39 is 11.0 Å². The molecule has 0 spiro atoms. The molecule has 8 heteroatoms. The minimum Gasteiger partial charge on any atom is -0.375 e. The number of thiazole rings is 1. The molecule has 120 valence electrons. The zero-order valence-corrected chi connectivity index (χ0v) is 15.6. The molecule has 2 rings (SSSR count). The maximum Gasteiger partial charge on any atom is 0.180 e. The molecule has 0 unspecified atom stereocenters. The minimum atomic E-state index is -1.17. The average Bonchev–Trinajstić information content (AvgIpc) is 2.84. The Kier molecular flexibility index (Phi) is 5.50. The Morgan fingerprint density at radius 3 is 2.59 bits per heavy atom. The van der Waals surface area contributed by atoms with Gasteiger partial charge in [-0.05, 0) is 32.4 Å². The topological polar surface area (TPSA) is 68.0 Å². The first kappa shape index (κ1) is 17.7. The number of halogens is 2. The molecule has 0 fully saturated rings. The van der Waals surface area contributed by atoms with Gasteiger partial charge in [-0.25, -0.2) is 13.9 Å². The van der Waals surface area contributed by atoms with Gasteiger partial charge < -0.3 is 5.73 Å². The summed E-state index contributed by atoms with van der Waals surface area (Å²) in [5.41, 5.74) is 7.38. The van der Waals surface area contributed by atoms with Crippen LogP contribution in [-0.4, -0.2) is 13.9 Å². The van der Waals surface area contributed by atoms with Crippen molar-refractivity contribution in [2.24, 2.45) is 0 Å². The number of rotatable bonds is 4. The Morgan fingerprint density at radius 2 is 2.05 bits per heavy atom. The minimum absolute atomic E-state index is 0.342. The van der Waals surface area contributed by atoms with Crippen LogP contribution in [0.25, 0.3) is 10.4 Å². The molecule has 22 heavy (non-hydrogen) atoms. The van der Waals surface area contributed by atoms with Crippen molar-refractivity contribution < 1.29 is 4.21 Å². The third kappa shape index (κ3) is 4.00. The van der Waals surface area contributed by atoms with Crippen molar-refractivity contribution in [1.82, 2.24) is 9.71 Å². The number of anilines is 1. The van der Waals surface area contributed by atoms with E-state index in [4.69, 9.17) is 28.9 Å². The Labute approximate surface area is 146 Å². The van der Waals surface area contributed by atoms with Gasteiger partial charge in [0.15, 0.2) is 5.13 Å². The van der Waals surface area contributed by atoms with Crippen molar-refractivity contribution in [2.45, 2.75) is 32.1 Å². The highest BCUT2D eigenvalue weighted by Crippen LogP contribution is 2.39. The van der Waals surface area contributed by atoms with Crippen LogP contribution in [0.15, 0.2) is 18.3 Å². The van der Waals surface area contributed by atoms with E-state index in [1.807, 2.05) is 26.8 Å². The molecule has 4 nitrogen and oxygen atoms in total. The molecule has 1 heterocycles. The van der Waals surface area contributed by atoms with Gasteiger partial charge in [0, 0.05) is 18.3 Å². The molecule has 2 aromatic rings. The van der Waals surface area contributed by atoms with Crippen molar-refractivity contribution >= 4 is 50.7 Å². The molecule has 0 saturated carbocycles. The number of hydrogen-bond donors (Lipinski definition) is 2. The van der Waals surface area contributed by atoms with Gasteiger partial charge in [-0.15, -0.1) is 0 Å². The van der Waals surface area contributed by atoms with Crippen LogP contribution in [0, 0.1) is 0 Å². The van der Waals surface area contributed by atoms with E-state index in [-0.39, 0.29) is 4.75 Å². The van der Waals surface area contributed by atoms with Crippen molar-refractivity contribution in [2.75, 3.05) is 5.73 Å². The molecule has 1 atom stereocenters. The summed E-state index contributed by atoms with van der Waals surface area (Å²) in [5, 5.41) is 1.37. The first-order valence-corrected chi connectivity index (χ1v) is 9.26. The number of nitrogens with two attached hydrogens (primary N) is 1. The maximum absolute atomic E-state index is 12.2. The van der Waals surface area contributed by atoms with Crippen LogP contribution in [0.3, 0.4) is 0 Å². The lowest BCUT2D eigenvalue weighted by atomic mass is 10.1. The predicted molar refractivity (Wildman–Crippen MR) is 96.7 cm³/mol. The summed E-state index contributed by atoms with van der Waals surface area (Å²) < 4.78 is 14.8. The highest BCUT2D eigenvalue weighted by atomic mass is 35.5. The zero-order chi connectivity index (χ0) is 16.5. The van der Waals surface area contributed by atoms with Crippen molar-refractivity contribution in [3.05, 3.63) is 33.9 Å². The first-order valence-electron chi connectivity index (χ1n) is 6.54. The number of benzene rings is 1. The van der Waals surface area contributed by atoms with Crippen molar-refractivity contribution in [3.63, 3.8) is 0 Å². The van der Waals surface area contributed by atoms with E-state index in [1.54, 1.807) is 12.3 Å². The second-order valence-electron chi connectivity index (χ2n) is 5.66. The third-order valence-corrected chi connectivity index (χ3v) is 6.07. The van der Waals surface area contributed by atoms with Gasteiger partial charge in [0.2, 0.25) is 0 Å². The normalized spacial score (nSPS) is 13.3. The summed E-state index contributed by atoms with van der Waals surface area (Å²) in [4.78, 5) is 4.89. The molecular formula is C14H17Cl2N3OS2. The van der Waals surface area contributed by atoms with E-state index in [0.717, 1.165) is 16.0 Å². The number of aromatic nitrogens is 1. The van der Waals surface area contributed by atoms with Gasteiger partial charge >= 0.3 is 0 Å². The van der Waals surface area contributed by atoms with E-state index in [1.165, 1.54) is 11.3 Å². The molecule has 0 amide bonds. The van der Waals surface area contributed by atoms with Crippen LogP contribution < -0.4 is 10.5 Å². The quantitative estimate of drug-likeness (QED) is 0.836. The SMILES string of the molecule is CC(C)(C)[S@@](=O)NCc1ccc(Cl)c(Cl)c1-c1cnc(N)s1. The van der Waals surface area contributed by atoms with Gasteiger partial charge in [-0.3, -0.25) is 0 Å². The summed E-state index contributed by atoms with van der Waals surface area (Å²) in [6, 6.07) is 3.60. The van der Waals surface area contributed by atoms with Crippen LogP contribution in [0.1, 0.15) is 26.3 Å². The zero-order valence-electron chi connectivity index (χ0n) is 12.4. The van der Waals surface area contributed by atoms with Crippen LogP contribution in [0.2, 0.25) is 10.0 Å². The molecular weight excluding hydrogens is 361 g/mol. The van der Waals surface area contributed by atoms with Crippen molar-refractivity contribution in [3.8, 4) is 10.4 Å². The van der Waals surface area contributed by atoms with Crippen LogP contribution in [-0.2, 0) is 17.5 Å². The summed E-state index contributed by atoms with van der Waals surface area (Å²) >= 11 is 13.8. The fourth-order valence-corrected chi connectivity index (χ4v) is 3.76. The molecule has 0 aliphatic rings. The number of nitrogens with one attached hydrogen (secondary N) is 1. The second kappa shape index (κ2) is 6.84. The number of nitrogens with zero attached hydrogens (tertiary/aromatic N) is 1. The lowest BCUT2D eigenvalue weighted by Gasteiger charge is -2.19. The molecule has 0 radical (unpaired) electrons. The monoisotopic (exact) mass is 377 g/mol. The van der Waals surface area contributed by atoms with Gasteiger partial charge in [-0.2, -0.15) is 0 Å². The molecule has 0 saturated heterocycles. The summed E-state index contributed by atoms with van der Waals surface area (Å²) in [7, 11) is -1.17. The summed E-state index contributed by atoms with van der Waals surface area (Å²) in [6.45, 7) is 6.15. The second-order valence-corrected chi connectivity index (χ2v) is 9.56. The Bertz CT molecular complexity index is 711. The Morgan fingerprint density at radius 1 is 1.36 bits per heavy atom. The van der Waals surface area contributed by atoms with Gasteiger partial charge in [0.1, 0.15) is 0 Å². The van der Waals surface area contributed by atoms with E-state index in [9.17, 15) is 4.21 Å². The van der Waals surface area contributed by atoms with Gasteiger partial charge in [0.25, 0.3) is 0 Å². The molecule has 1 aromatic carbocycles. The third-order valence-electron chi connectivity index (χ3n) is 2.90. The van der Waals surface area contributed by atoms with E-state index in [2.05, 4.69) is 9.71 Å². The Balaban J connectivity index is 2.36. The predicted octanol–water partition coefficient (Wildman–Crippen LogP) is 4.25. The highest BCUT2D eigenvalue weighted by Gasteiger charge is 2.21. The molecule has 0 aliphatic carbocycles. The summed E-state index contributed by atoms with van der Waals surface area (Å²) in [6.07, 6.45) is 1.67. The molecule has 3 N–H and O–H groups in total. The highest BCUT2D eigenvalue weighted by molar-refractivity contribution is 7.84. The Hall–Kier alpha value is -0.660. The fourth-order valence-electron chi connectivity index (χ4n) is 1.77. The average molecular weight is 378 g/mol. The standard InChI is InChI=1S/C14H17Cl2N3OS2/c1-14(2,3)22(20)19-6-8-4-5-9(15)12(16)11(8)10-7-18-13(17)21-10/h4-5,7,19H,6H2,1-3H3,(H2,17,18)/t22-/m1/s1. The molecule has 0 aliphatic heterocycles. The lowest BCUT2D eigenvalue weighted by Crippen LogP contribution is -2.33. The van der Waals surface area contributed by atoms with Crippen molar-refractivity contribution in [1.29, 1.82) is 0 Å². The molecule has 1 aromatic heterocycles. The first-order chi connectivity index (χ1) is 10.2. The smallest absolute Gasteiger partial charge is 0.180 e. The number of nitrogen functional groups attached to an aromatic ring is 1. The fraction of sp³-hybridized carbons (Fsp3) is 0.357. The van der Waals surface area contributed by atoms with E-state index in [0.29, 0.717) is 21.7 Å². The largest absolute Gasteiger partial charge is 0.375 e.